The van der Waals surface area contributed by atoms with Crippen LogP contribution in [0, 0.1) is 17.5 Å². The standard InChI is InChI=1S/C17H14F3N3OS/c18-10-5-6-12(14(20)7-10)17(8-22-16(25)23-9-21)15(24-17)11-3-1-2-4-13(11)19/h1-7,9,15H,8H2,(H3,21,22,23,25)/t15-,17-/m1/s1. The Labute approximate surface area is 147 Å². The zero-order valence-corrected chi connectivity index (χ0v) is 13.7. The molecule has 0 spiro atoms. The third-order valence-corrected chi connectivity index (χ3v) is 4.21. The van der Waals surface area contributed by atoms with Gasteiger partial charge in [0.15, 0.2) is 5.11 Å². The van der Waals surface area contributed by atoms with E-state index in [9.17, 15) is 13.2 Å². The summed E-state index contributed by atoms with van der Waals surface area (Å²) in [7, 11) is 0. The first kappa shape index (κ1) is 17.4. The first-order chi connectivity index (χ1) is 12.0. The Bertz CT molecular complexity index is 846. The van der Waals surface area contributed by atoms with Gasteiger partial charge in [-0.15, -0.1) is 0 Å². The Kier molecular flexibility index (Phi) is 4.73. The Morgan fingerprint density at radius 1 is 1.24 bits per heavy atom. The molecule has 2 aromatic rings. The topological polar surface area (TPSA) is 62.9 Å². The lowest BCUT2D eigenvalue weighted by molar-refractivity contribution is 0.288. The number of nitrogens with two attached hydrogens (primary N) is 1. The molecule has 1 saturated heterocycles. The second-order valence-electron chi connectivity index (χ2n) is 5.47. The van der Waals surface area contributed by atoms with Gasteiger partial charge in [0, 0.05) is 17.2 Å². The fourth-order valence-corrected chi connectivity index (χ4v) is 2.90. The molecule has 1 aliphatic heterocycles. The normalized spacial score (nSPS) is 22.1. The number of epoxide rings is 1. The number of hydrogen-bond acceptors (Lipinski definition) is 2. The van der Waals surface area contributed by atoms with Crippen molar-refractivity contribution in [2.45, 2.75) is 11.7 Å². The molecule has 1 aliphatic rings. The van der Waals surface area contributed by atoms with Gasteiger partial charge in [-0.2, -0.15) is 0 Å². The predicted molar refractivity (Wildman–Crippen MR) is 91.5 cm³/mol. The van der Waals surface area contributed by atoms with Crippen molar-refractivity contribution in [2.24, 2.45) is 10.7 Å². The molecular formula is C17H14F3N3OS. The third kappa shape index (κ3) is 3.35. The molecule has 0 aromatic heterocycles. The summed E-state index contributed by atoms with van der Waals surface area (Å²) in [6.07, 6.45) is 0.272. The fourth-order valence-electron chi connectivity index (χ4n) is 2.77. The highest BCUT2D eigenvalue weighted by molar-refractivity contribution is 7.80. The number of nitrogens with zero attached hydrogens (tertiary/aromatic N) is 1. The highest BCUT2D eigenvalue weighted by atomic mass is 32.1. The van der Waals surface area contributed by atoms with Crippen LogP contribution in [0.25, 0.3) is 0 Å². The molecule has 1 heterocycles. The van der Waals surface area contributed by atoms with Crippen molar-refractivity contribution in [1.82, 2.24) is 5.32 Å². The van der Waals surface area contributed by atoms with Gasteiger partial charge in [-0.1, -0.05) is 24.3 Å². The summed E-state index contributed by atoms with van der Waals surface area (Å²) in [5.41, 5.74) is 4.33. The van der Waals surface area contributed by atoms with Crippen molar-refractivity contribution in [3.63, 3.8) is 0 Å². The lowest BCUT2D eigenvalue weighted by Gasteiger charge is -2.16. The molecule has 2 atom stereocenters. The third-order valence-electron chi connectivity index (χ3n) is 3.96. The molecule has 0 amide bonds. The van der Waals surface area contributed by atoms with Gasteiger partial charge in [0.1, 0.15) is 29.2 Å². The van der Waals surface area contributed by atoms with Crippen LogP contribution < -0.4 is 11.1 Å². The van der Waals surface area contributed by atoms with Gasteiger partial charge in [0.2, 0.25) is 0 Å². The van der Waals surface area contributed by atoms with Crippen molar-refractivity contribution in [3.8, 4) is 0 Å². The molecule has 0 unspecified atom stereocenters. The van der Waals surface area contributed by atoms with E-state index in [1.54, 1.807) is 18.2 Å². The zero-order chi connectivity index (χ0) is 18.0. The Balaban J connectivity index is 1.96. The van der Waals surface area contributed by atoms with Crippen LogP contribution in [0.15, 0.2) is 47.5 Å². The Morgan fingerprint density at radius 3 is 2.68 bits per heavy atom. The van der Waals surface area contributed by atoms with E-state index in [4.69, 9.17) is 22.7 Å². The van der Waals surface area contributed by atoms with E-state index >= 15 is 0 Å². The molecule has 3 N–H and O–H groups in total. The maximum Gasteiger partial charge on any atom is 0.194 e. The number of benzene rings is 2. The summed E-state index contributed by atoms with van der Waals surface area (Å²) in [4.78, 5) is 3.69. The monoisotopic (exact) mass is 365 g/mol. The van der Waals surface area contributed by atoms with Crippen molar-refractivity contribution in [2.75, 3.05) is 6.54 Å². The molecule has 0 saturated carbocycles. The van der Waals surface area contributed by atoms with Crippen LogP contribution in [-0.2, 0) is 10.3 Å². The van der Waals surface area contributed by atoms with Gasteiger partial charge >= 0.3 is 0 Å². The summed E-state index contributed by atoms with van der Waals surface area (Å²) in [6.45, 7) is 0.0186. The summed E-state index contributed by atoms with van der Waals surface area (Å²) in [5, 5.41) is 2.87. The molecular weight excluding hydrogens is 351 g/mol. The van der Waals surface area contributed by atoms with Gasteiger partial charge in [-0.3, -0.25) is 0 Å². The zero-order valence-electron chi connectivity index (χ0n) is 12.9. The van der Waals surface area contributed by atoms with E-state index in [0.29, 0.717) is 0 Å². The number of ether oxygens (including phenoxy) is 1. The number of halogens is 3. The van der Waals surface area contributed by atoms with Gasteiger partial charge in [0.05, 0.1) is 12.9 Å². The van der Waals surface area contributed by atoms with Crippen LogP contribution >= 0.6 is 12.2 Å². The molecule has 3 rings (SSSR count). The number of thiocarbonyl (C=S) groups is 1. The van der Waals surface area contributed by atoms with Gasteiger partial charge in [-0.25, -0.2) is 18.2 Å². The van der Waals surface area contributed by atoms with E-state index in [1.165, 1.54) is 12.1 Å². The summed E-state index contributed by atoms with van der Waals surface area (Å²) in [6, 6.07) is 9.21. The number of hydrogen-bond donors (Lipinski definition) is 2. The smallest absolute Gasteiger partial charge is 0.194 e. The van der Waals surface area contributed by atoms with Crippen LogP contribution in [0.1, 0.15) is 17.2 Å². The van der Waals surface area contributed by atoms with Gasteiger partial charge in [0.25, 0.3) is 0 Å². The largest absolute Gasteiger partial charge is 0.390 e. The minimum Gasteiger partial charge on any atom is -0.390 e. The van der Waals surface area contributed by atoms with E-state index in [2.05, 4.69) is 10.3 Å². The number of rotatable bonds is 4. The Morgan fingerprint density at radius 2 is 2.00 bits per heavy atom. The van der Waals surface area contributed by atoms with Crippen molar-refractivity contribution < 1.29 is 17.9 Å². The van der Waals surface area contributed by atoms with Crippen molar-refractivity contribution >= 4 is 23.7 Å². The van der Waals surface area contributed by atoms with Crippen LogP contribution in [0.2, 0.25) is 0 Å². The van der Waals surface area contributed by atoms with Gasteiger partial charge < -0.3 is 15.8 Å². The average molecular weight is 365 g/mol. The summed E-state index contributed by atoms with van der Waals surface area (Å²) in [5.74, 6) is -1.97. The molecule has 2 aromatic carbocycles. The number of nitrogens with one attached hydrogen (secondary N) is 1. The molecule has 130 valence electrons. The average Bonchev–Trinajstić information content (AvgIpc) is 3.29. The first-order valence-corrected chi connectivity index (χ1v) is 7.78. The maximum absolute atomic E-state index is 14.3. The minimum absolute atomic E-state index is 0.0186. The quantitative estimate of drug-likeness (QED) is 0.379. The minimum atomic E-state index is -1.23. The van der Waals surface area contributed by atoms with Crippen LogP contribution in [-0.4, -0.2) is 18.0 Å². The van der Waals surface area contributed by atoms with Crippen molar-refractivity contribution in [3.05, 3.63) is 71.0 Å². The second kappa shape index (κ2) is 6.81. The maximum atomic E-state index is 14.3. The molecule has 0 bridgehead atoms. The van der Waals surface area contributed by atoms with E-state index in [-0.39, 0.29) is 22.8 Å². The highest BCUT2D eigenvalue weighted by Gasteiger charge is 2.60. The lowest BCUT2D eigenvalue weighted by atomic mass is 9.91. The molecule has 0 aliphatic carbocycles. The van der Waals surface area contributed by atoms with E-state index < -0.39 is 29.2 Å². The van der Waals surface area contributed by atoms with E-state index in [0.717, 1.165) is 18.5 Å². The lowest BCUT2D eigenvalue weighted by Crippen LogP contribution is -2.32. The van der Waals surface area contributed by atoms with Gasteiger partial charge in [-0.05, 0) is 24.4 Å². The molecule has 25 heavy (non-hydrogen) atoms. The molecule has 8 heteroatoms. The molecule has 0 radical (unpaired) electrons. The van der Waals surface area contributed by atoms with E-state index in [1.807, 2.05) is 0 Å². The van der Waals surface area contributed by atoms with Crippen molar-refractivity contribution in [1.29, 1.82) is 0 Å². The fraction of sp³-hybridized carbons (Fsp3) is 0.176. The first-order valence-electron chi connectivity index (χ1n) is 7.38. The summed E-state index contributed by atoms with van der Waals surface area (Å²) < 4.78 is 47.4. The van der Waals surface area contributed by atoms with Crippen LogP contribution in [0.3, 0.4) is 0 Å². The highest BCUT2D eigenvalue weighted by Crippen LogP contribution is 2.57. The molecule has 4 nitrogen and oxygen atoms in total. The predicted octanol–water partition coefficient (Wildman–Crippen LogP) is 2.93. The second-order valence-corrected chi connectivity index (χ2v) is 5.86. The van der Waals surface area contributed by atoms with Crippen LogP contribution in [0.5, 0.6) is 0 Å². The molecule has 1 fully saturated rings. The Hall–Kier alpha value is -2.45. The van der Waals surface area contributed by atoms with Crippen LogP contribution in [0.4, 0.5) is 13.2 Å². The summed E-state index contributed by atoms with van der Waals surface area (Å²) >= 11 is 4.96. The number of aliphatic imine (C=N–C) groups is 1. The SMILES string of the molecule is N/C=N\C(=S)NC[C@]1(c2ccc(F)cc2F)O[C@@H]1c1ccccc1F.